The van der Waals surface area contributed by atoms with Gasteiger partial charge in [0.1, 0.15) is 0 Å². The molecule has 0 aromatic carbocycles. The third kappa shape index (κ3) is 3.74. The molecule has 1 aliphatic carbocycles. The Morgan fingerprint density at radius 1 is 1.33 bits per heavy atom. The number of rotatable bonds is 6. The number of nitrogens with one attached hydrogen (secondary N) is 1. The second kappa shape index (κ2) is 6.46. The molecule has 3 nitrogen and oxygen atoms in total. The van der Waals surface area contributed by atoms with Gasteiger partial charge in [-0.25, -0.2) is 0 Å². The number of hydrogen-bond donors (Lipinski definition) is 2. The zero-order chi connectivity index (χ0) is 11.3. The largest absolute Gasteiger partial charge is 0.396 e. The van der Waals surface area contributed by atoms with Crippen molar-refractivity contribution in [2.45, 2.75) is 45.3 Å². The van der Waals surface area contributed by atoms with Crippen molar-refractivity contribution in [2.75, 3.05) is 20.3 Å². The van der Waals surface area contributed by atoms with Crippen LogP contribution in [0.1, 0.15) is 33.1 Å². The Morgan fingerprint density at radius 3 is 2.60 bits per heavy atom. The summed E-state index contributed by atoms with van der Waals surface area (Å²) in [4.78, 5) is 0. The summed E-state index contributed by atoms with van der Waals surface area (Å²) in [6, 6.07) is 0.384. The lowest BCUT2D eigenvalue weighted by atomic mass is 9.96. The quantitative estimate of drug-likeness (QED) is 0.704. The molecule has 4 unspecified atom stereocenters. The van der Waals surface area contributed by atoms with Crippen LogP contribution < -0.4 is 5.32 Å². The van der Waals surface area contributed by atoms with E-state index in [1.807, 2.05) is 0 Å². The number of methoxy groups -OCH3 is 1. The molecule has 1 fully saturated rings. The van der Waals surface area contributed by atoms with Crippen LogP contribution in [0.25, 0.3) is 0 Å². The van der Waals surface area contributed by atoms with Gasteiger partial charge in [-0.2, -0.15) is 0 Å². The van der Waals surface area contributed by atoms with E-state index in [0.717, 1.165) is 6.54 Å². The minimum atomic E-state index is 0.249. The molecule has 90 valence electrons. The van der Waals surface area contributed by atoms with Gasteiger partial charge in [0.05, 0.1) is 6.10 Å². The zero-order valence-corrected chi connectivity index (χ0v) is 10.2. The summed E-state index contributed by atoms with van der Waals surface area (Å²) in [6.07, 6.45) is 3.97. The lowest BCUT2D eigenvalue weighted by Gasteiger charge is -2.24. The van der Waals surface area contributed by atoms with Gasteiger partial charge in [-0.05, 0) is 45.1 Å². The van der Waals surface area contributed by atoms with E-state index in [4.69, 9.17) is 4.74 Å². The van der Waals surface area contributed by atoms with Gasteiger partial charge >= 0.3 is 0 Å². The molecule has 1 aliphatic rings. The highest BCUT2D eigenvalue weighted by Crippen LogP contribution is 2.30. The maximum atomic E-state index is 9.20. The summed E-state index contributed by atoms with van der Waals surface area (Å²) in [5.41, 5.74) is 0. The molecule has 0 spiro atoms. The van der Waals surface area contributed by atoms with Crippen molar-refractivity contribution in [2.24, 2.45) is 11.8 Å². The van der Waals surface area contributed by atoms with E-state index in [1.165, 1.54) is 19.3 Å². The van der Waals surface area contributed by atoms with Crippen molar-refractivity contribution in [1.29, 1.82) is 0 Å². The topological polar surface area (TPSA) is 41.5 Å². The van der Waals surface area contributed by atoms with Crippen LogP contribution in [0.15, 0.2) is 0 Å². The van der Waals surface area contributed by atoms with Crippen LogP contribution >= 0.6 is 0 Å². The van der Waals surface area contributed by atoms with Gasteiger partial charge in [-0.15, -0.1) is 0 Å². The number of aliphatic hydroxyl groups is 1. The average molecular weight is 215 g/mol. The van der Waals surface area contributed by atoms with Crippen LogP contribution in [0.2, 0.25) is 0 Å². The average Bonchev–Trinajstić information content (AvgIpc) is 2.71. The van der Waals surface area contributed by atoms with Crippen molar-refractivity contribution >= 4 is 0 Å². The van der Waals surface area contributed by atoms with E-state index in [2.05, 4.69) is 19.2 Å². The van der Waals surface area contributed by atoms with Crippen molar-refractivity contribution in [3.8, 4) is 0 Å². The Morgan fingerprint density at radius 2 is 2.00 bits per heavy atom. The van der Waals surface area contributed by atoms with Gasteiger partial charge in [-0.1, -0.05) is 6.42 Å². The normalized spacial score (nSPS) is 30.4. The van der Waals surface area contributed by atoms with Crippen LogP contribution in [0.5, 0.6) is 0 Å². The number of ether oxygens (including phenoxy) is 1. The van der Waals surface area contributed by atoms with E-state index in [9.17, 15) is 5.11 Å². The monoisotopic (exact) mass is 215 g/mol. The molecule has 2 N–H and O–H groups in total. The van der Waals surface area contributed by atoms with Crippen LogP contribution in [-0.2, 0) is 4.74 Å². The molecule has 0 aromatic heterocycles. The molecule has 0 radical (unpaired) electrons. The molecule has 0 amide bonds. The predicted molar refractivity (Wildman–Crippen MR) is 61.9 cm³/mol. The lowest BCUT2D eigenvalue weighted by Crippen LogP contribution is -2.40. The smallest absolute Gasteiger partial charge is 0.0693 e. The van der Waals surface area contributed by atoms with E-state index >= 15 is 0 Å². The molecule has 15 heavy (non-hydrogen) atoms. The lowest BCUT2D eigenvalue weighted by molar-refractivity contribution is 0.0852. The molecular weight excluding hydrogens is 190 g/mol. The SMILES string of the molecule is COC(C)C(C)NCC1CCCC1CO. The van der Waals surface area contributed by atoms with Gasteiger partial charge < -0.3 is 15.2 Å². The number of aliphatic hydroxyl groups excluding tert-OH is 1. The van der Waals surface area contributed by atoms with Gasteiger partial charge in [0.2, 0.25) is 0 Å². The highest BCUT2D eigenvalue weighted by atomic mass is 16.5. The van der Waals surface area contributed by atoms with Crippen molar-refractivity contribution in [1.82, 2.24) is 5.32 Å². The van der Waals surface area contributed by atoms with E-state index in [0.29, 0.717) is 24.5 Å². The maximum absolute atomic E-state index is 9.20. The highest BCUT2D eigenvalue weighted by Gasteiger charge is 2.26. The van der Waals surface area contributed by atoms with Crippen molar-refractivity contribution in [3.63, 3.8) is 0 Å². The Kier molecular flexibility index (Phi) is 5.58. The zero-order valence-electron chi connectivity index (χ0n) is 10.2. The Balaban J connectivity index is 2.24. The third-order valence-corrected chi connectivity index (χ3v) is 3.83. The summed E-state index contributed by atoms with van der Waals surface area (Å²) in [6.45, 7) is 5.59. The Labute approximate surface area is 93.2 Å². The Hall–Kier alpha value is -0.120. The first-order chi connectivity index (χ1) is 7.19. The molecular formula is C12H25NO2. The Bertz CT molecular complexity index is 175. The minimum Gasteiger partial charge on any atom is -0.396 e. The second-order valence-corrected chi connectivity index (χ2v) is 4.77. The van der Waals surface area contributed by atoms with Crippen LogP contribution in [-0.4, -0.2) is 37.5 Å². The number of hydrogen-bond acceptors (Lipinski definition) is 3. The van der Waals surface area contributed by atoms with Crippen LogP contribution in [0, 0.1) is 11.8 Å². The first-order valence-corrected chi connectivity index (χ1v) is 6.06. The second-order valence-electron chi connectivity index (χ2n) is 4.77. The molecule has 0 heterocycles. The fraction of sp³-hybridized carbons (Fsp3) is 1.00. The van der Waals surface area contributed by atoms with Gasteiger partial charge in [0, 0.05) is 19.8 Å². The minimum absolute atomic E-state index is 0.249. The summed E-state index contributed by atoms with van der Waals surface area (Å²) in [7, 11) is 1.74. The molecule has 0 aliphatic heterocycles. The highest BCUT2D eigenvalue weighted by molar-refractivity contribution is 4.80. The molecule has 0 saturated heterocycles. The maximum Gasteiger partial charge on any atom is 0.0693 e. The van der Waals surface area contributed by atoms with Crippen LogP contribution in [0.3, 0.4) is 0 Å². The van der Waals surface area contributed by atoms with Gasteiger partial charge in [0.25, 0.3) is 0 Å². The van der Waals surface area contributed by atoms with Crippen molar-refractivity contribution in [3.05, 3.63) is 0 Å². The molecule has 3 heteroatoms. The first-order valence-electron chi connectivity index (χ1n) is 6.06. The molecule has 4 atom stereocenters. The first kappa shape index (κ1) is 12.9. The summed E-state index contributed by atoms with van der Waals surface area (Å²) < 4.78 is 5.27. The summed E-state index contributed by atoms with van der Waals surface area (Å²) >= 11 is 0. The molecule has 0 bridgehead atoms. The van der Waals surface area contributed by atoms with E-state index < -0.39 is 0 Å². The van der Waals surface area contributed by atoms with Crippen molar-refractivity contribution < 1.29 is 9.84 Å². The van der Waals surface area contributed by atoms with Crippen LogP contribution in [0.4, 0.5) is 0 Å². The molecule has 0 aromatic rings. The van der Waals surface area contributed by atoms with E-state index in [-0.39, 0.29) is 6.10 Å². The predicted octanol–water partition coefficient (Wildman–Crippen LogP) is 1.41. The molecule has 1 saturated carbocycles. The standard InChI is InChI=1S/C12H25NO2/c1-9(10(2)15-3)13-7-11-5-4-6-12(11)8-14/h9-14H,4-8H2,1-3H3. The molecule has 1 rings (SSSR count). The summed E-state index contributed by atoms with van der Waals surface area (Å²) in [5, 5.41) is 12.7. The third-order valence-electron chi connectivity index (χ3n) is 3.83. The summed E-state index contributed by atoms with van der Waals surface area (Å²) in [5.74, 6) is 1.17. The van der Waals surface area contributed by atoms with E-state index in [1.54, 1.807) is 7.11 Å². The van der Waals surface area contributed by atoms with Gasteiger partial charge in [0.15, 0.2) is 0 Å². The fourth-order valence-electron chi connectivity index (χ4n) is 2.33. The van der Waals surface area contributed by atoms with Gasteiger partial charge in [-0.3, -0.25) is 0 Å². The fourth-order valence-corrected chi connectivity index (χ4v) is 2.33.